The van der Waals surface area contributed by atoms with Gasteiger partial charge >= 0.3 is 5.97 Å². The van der Waals surface area contributed by atoms with Gasteiger partial charge in [-0.2, -0.15) is 0 Å². The molecule has 1 atom stereocenters. The highest BCUT2D eigenvalue weighted by Crippen LogP contribution is 2.13. The van der Waals surface area contributed by atoms with Crippen LogP contribution in [0.5, 0.6) is 0 Å². The fraction of sp³-hybridized carbons (Fsp3) is 0.529. The lowest BCUT2D eigenvalue weighted by molar-refractivity contribution is -0.142. The van der Waals surface area contributed by atoms with E-state index in [9.17, 15) is 14.7 Å². The van der Waals surface area contributed by atoms with E-state index in [4.69, 9.17) is 4.74 Å². The molecule has 1 aromatic carbocycles. The Morgan fingerprint density at radius 2 is 2.04 bits per heavy atom. The molecule has 0 fully saturated rings. The van der Waals surface area contributed by atoms with E-state index < -0.39 is 12.0 Å². The molecule has 1 unspecified atom stereocenters. The van der Waals surface area contributed by atoms with E-state index in [1.165, 1.54) is 0 Å². The molecule has 0 aliphatic rings. The molecule has 0 heterocycles. The third-order valence-electron chi connectivity index (χ3n) is 3.10. The number of aryl methyl sites for hydroxylation is 1. The Kier molecular flexibility index (Phi) is 7.72. The summed E-state index contributed by atoms with van der Waals surface area (Å²) in [5, 5.41) is 11.8. The van der Waals surface area contributed by atoms with Crippen LogP contribution in [0.25, 0.3) is 0 Å². The Labute approximate surface area is 145 Å². The Morgan fingerprint density at radius 3 is 2.61 bits per heavy atom. The van der Waals surface area contributed by atoms with Gasteiger partial charge < -0.3 is 15.2 Å². The highest BCUT2D eigenvalue weighted by atomic mass is 79.9. The molecule has 0 aliphatic carbocycles. The maximum Gasteiger partial charge on any atom is 0.326 e. The normalized spacial score (nSPS) is 12.7. The van der Waals surface area contributed by atoms with Crippen molar-refractivity contribution in [2.45, 2.75) is 51.7 Å². The zero-order valence-electron chi connectivity index (χ0n) is 13.8. The number of carboxylic acids is 1. The van der Waals surface area contributed by atoms with Crippen LogP contribution in [0.3, 0.4) is 0 Å². The molecule has 0 spiro atoms. The average Bonchev–Trinajstić information content (AvgIpc) is 2.42. The molecule has 6 heteroatoms. The number of carbonyl (C=O) groups excluding carboxylic acids is 1. The van der Waals surface area contributed by atoms with E-state index in [1.807, 2.05) is 45.0 Å². The number of rotatable bonds is 8. The van der Waals surface area contributed by atoms with Crippen LogP contribution in [0.15, 0.2) is 28.7 Å². The standard InChI is InChI=1S/C17H24BrNO4/c1-17(2,3)23-10-9-14(16(21)22)19-15(20)8-7-12-5-4-6-13(18)11-12/h4-6,11,14H,7-10H2,1-3H3,(H,19,20)(H,21,22). The average molecular weight is 386 g/mol. The number of nitrogens with one attached hydrogen (secondary N) is 1. The van der Waals surface area contributed by atoms with Gasteiger partial charge in [0.15, 0.2) is 0 Å². The SMILES string of the molecule is CC(C)(C)OCCC(NC(=O)CCc1cccc(Br)c1)C(=O)O. The Morgan fingerprint density at radius 1 is 1.35 bits per heavy atom. The number of carbonyl (C=O) groups is 2. The Balaban J connectivity index is 2.43. The molecule has 23 heavy (non-hydrogen) atoms. The van der Waals surface area contributed by atoms with Crippen LogP contribution < -0.4 is 5.32 Å². The van der Waals surface area contributed by atoms with E-state index >= 15 is 0 Å². The summed E-state index contributed by atoms with van der Waals surface area (Å²) in [6, 6.07) is 6.77. The van der Waals surface area contributed by atoms with Crippen LogP contribution in [0.4, 0.5) is 0 Å². The lowest BCUT2D eigenvalue weighted by Crippen LogP contribution is -2.42. The minimum Gasteiger partial charge on any atom is -0.480 e. The summed E-state index contributed by atoms with van der Waals surface area (Å²) in [5.74, 6) is -1.31. The Hall–Kier alpha value is -1.40. The molecule has 1 rings (SSSR count). The number of hydrogen-bond donors (Lipinski definition) is 2. The predicted octanol–water partition coefficient (Wildman–Crippen LogP) is 3.16. The molecule has 0 bridgehead atoms. The summed E-state index contributed by atoms with van der Waals surface area (Å²) in [6.45, 7) is 5.99. The van der Waals surface area contributed by atoms with Crippen molar-refractivity contribution < 1.29 is 19.4 Å². The van der Waals surface area contributed by atoms with Gasteiger partial charge in [0.1, 0.15) is 6.04 Å². The van der Waals surface area contributed by atoms with Crippen molar-refractivity contribution in [1.82, 2.24) is 5.32 Å². The summed E-state index contributed by atoms with van der Waals surface area (Å²) >= 11 is 3.38. The largest absolute Gasteiger partial charge is 0.480 e. The molecule has 0 radical (unpaired) electrons. The van der Waals surface area contributed by atoms with Crippen molar-refractivity contribution in [3.8, 4) is 0 Å². The summed E-state index contributed by atoms with van der Waals surface area (Å²) in [5.41, 5.74) is 0.700. The number of carboxylic acid groups (broad SMARTS) is 1. The van der Waals surface area contributed by atoms with E-state index in [0.717, 1.165) is 10.0 Å². The van der Waals surface area contributed by atoms with Crippen molar-refractivity contribution in [3.05, 3.63) is 34.3 Å². The van der Waals surface area contributed by atoms with Gasteiger partial charge in [0, 0.05) is 23.9 Å². The van der Waals surface area contributed by atoms with Crippen LogP contribution in [-0.4, -0.2) is 35.2 Å². The molecular formula is C17H24BrNO4. The lowest BCUT2D eigenvalue weighted by atomic mass is 10.1. The molecule has 5 nitrogen and oxygen atoms in total. The first-order valence-electron chi connectivity index (χ1n) is 7.58. The van der Waals surface area contributed by atoms with Crippen molar-refractivity contribution in [1.29, 1.82) is 0 Å². The maximum atomic E-state index is 11.9. The number of hydrogen-bond acceptors (Lipinski definition) is 3. The molecule has 2 N–H and O–H groups in total. The molecule has 0 saturated carbocycles. The van der Waals surface area contributed by atoms with Crippen molar-refractivity contribution in [2.75, 3.05) is 6.61 Å². The third kappa shape index (κ3) is 8.71. The summed E-state index contributed by atoms with van der Waals surface area (Å²) in [4.78, 5) is 23.2. The van der Waals surface area contributed by atoms with Gasteiger partial charge in [-0.15, -0.1) is 0 Å². The first kappa shape index (κ1) is 19.6. The molecule has 0 aliphatic heterocycles. The molecular weight excluding hydrogens is 362 g/mol. The topological polar surface area (TPSA) is 75.6 Å². The van der Waals surface area contributed by atoms with Gasteiger partial charge in [-0.3, -0.25) is 4.79 Å². The molecule has 1 aromatic rings. The van der Waals surface area contributed by atoms with Crippen molar-refractivity contribution >= 4 is 27.8 Å². The molecule has 1 amide bonds. The predicted molar refractivity (Wildman–Crippen MR) is 92.4 cm³/mol. The monoisotopic (exact) mass is 385 g/mol. The number of amides is 1. The van der Waals surface area contributed by atoms with Crippen LogP contribution in [0, 0.1) is 0 Å². The molecule has 128 valence electrons. The second-order valence-electron chi connectivity index (χ2n) is 6.34. The minimum absolute atomic E-state index is 0.245. The van der Waals surface area contributed by atoms with Gasteiger partial charge in [-0.05, 0) is 44.9 Å². The zero-order valence-corrected chi connectivity index (χ0v) is 15.4. The first-order valence-corrected chi connectivity index (χ1v) is 8.37. The van der Waals surface area contributed by atoms with Crippen LogP contribution in [0.1, 0.15) is 39.2 Å². The van der Waals surface area contributed by atoms with Crippen molar-refractivity contribution in [3.63, 3.8) is 0 Å². The second kappa shape index (κ2) is 9.03. The smallest absolute Gasteiger partial charge is 0.326 e. The van der Waals surface area contributed by atoms with Gasteiger partial charge in [0.25, 0.3) is 0 Å². The number of ether oxygens (including phenoxy) is 1. The Bertz CT molecular complexity index is 540. The maximum absolute atomic E-state index is 11.9. The first-order chi connectivity index (χ1) is 10.7. The van der Waals surface area contributed by atoms with Gasteiger partial charge in [-0.25, -0.2) is 4.79 Å². The molecule has 0 saturated heterocycles. The second-order valence-corrected chi connectivity index (χ2v) is 7.25. The van der Waals surface area contributed by atoms with E-state index in [2.05, 4.69) is 21.2 Å². The van der Waals surface area contributed by atoms with E-state index in [0.29, 0.717) is 6.42 Å². The fourth-order valence-corrected chi connectivity index (χ4v) is 2.40. The molecule has 0 aromatic heterocycles. The minimum atomic E-state index is -1.04. The zero-order chi connectivity index (χ0) is 17.5. The lowest BCUT2D eigenvalue weighted by Gasteiger charge is -2.21. The third-order valence-corrected chi connectivity index (χ3v) is 3.60. The highest BCUT2D eigenvalue weighted by molar-refractivity contribution is 9.10. The highest BCUT2D eigenvalue weighted by Gasteiger charge is 2.21. The van der Waals surface area contributed by atoms with Crippen LogP contribution in [-0.2, 0) is 20.7 Å². The number of benzene rings is 1. The summed E-state index contributed by atoms with van der Waals surface area (Å²) < 4.78 is 6.47. The van der Waals surface area contributed by atoms with Gasteiger partial charge in [-0.1, -0.05) is 28.1 Å². The van der Waals surface area contributed by atoms with E-state index in [-0.39, 0.29) is 31.0 Å². The fourth-order valence-electron chi connectivity index (χ4n) is 1.96. The summed E-state index contributed by atoms with van der Waals surface area (Å²) in [7, 11) is 0. The number of halogens is 1. The van der Waals surface area contributed by atoms with Crippen LogP contribution >= 0.6 is 15.9 Å². The number of aliphatic carboxylic acids is 1. The van der Waals surface area contributed by atoms with Crippen LogP contribution in [0.2, 0.25) is 0 Å². The summed E-state index contributed by atoms with van der Waals surface area (Å²) in [6.07, 6.45) is 1.06. The van der Waals surface area contributed by atoms with Crippen molar-refractivity contribution in [2.24, 2.45) is 0 Å². The van der Waals surface area contributed by atoms with Gasteiger partial charge in [0.05, 0.1) is 5.60 Å². The van der Waals surface area contributed by atoms with E-state index in [1.54, 1.807) is 0 Å². The quantitative estimate of drug-likeness (QED) is 0.720. The van der Waals surface area contributed by atoms with Gasteiger partial charge in [0.2, 0.25) is 5.91 Å².